The molecule has 0 aromatic heterocycles. The molecular formula is C8H9AsBrNO3. The molecule has 0 spiro atoms. The van der Waals surface area contributed by atoms with E-state index in [-0.39, 0.29) is 11.1 Å². The summed E-state index contributed by atoms with van der Waals surface area (Å²) in [7, 11) is 0. The van der Waals surface area contributed by atoms with Gasteiger partial charge in [0.05, 0.1) is 0 Å². The molecule has 14 heavy (non-hydrogen) atoms. The van der Waals surface area contributed by atoms with Gasteiger partial charge in [0.25, 0.3) is 0 Å². The van der Waals surface area contributed by atoms with Gasteiger partial charge in [0.2, 0.25) is 0 Å². The number of Topliss-reactive ketones (excluding diaryl/α,β-unsaturated/α-hetero) is 1. The summed E-state index contributed by atoms with van der Waals surface area (Å²) in [4.78, 5) is 11.4. The number of halogens is 1. The van der Waals surface area contributed by atoms with Crippen LogP contribution in [0.4, 0.5) is 0 Å². The number of nitrogens with two attached hydrogens (primary N) is 1. The van der Waals surface area contributed by atoms with Gasteiger partial charge in [0.15, 0.2) is 0 Å². The monoisotopic (exact) mass is 321 g/mol. The summed E-state index contributed by atoms with van der Waals surface area (Å²) in [6.07, 6.45) is 0. The average Bonchev–Trinajstić information content (AvgIpc) is 2.27. The normalized spacial score (nSPS) is 12.5. The van der Waals surface area contributed by atoms with E-state index < -0.39 is 15.3 Å². The Balaban J connectivity index is 3.09. The molecule has 6 heteroatoms. The number of hydrogen-bond acceptors (Lipinski definition) is 4. The second kappa shape index (κ2) is 5.63. The molecule has 1 atom stereocenters. The van der Waals surface area contributed by atoms with Crippen LogP contribution in [0.2, 0.25) is 0 Å². The van der Waals surface area contributed by atoms with E-state index in [1.165, 1.54) is 0 Å². The zero-order valence-electron chi connectivity index (χ0n) is 7.18. The van der Waals surface area contributed by atoms with Crippen LogP contribution in [0.25, 0.3) is 0 Å². The molecule has 0 saturated heterocycles. The fraction of sp³-hybridized carbons (Fsp3) is 0.125. The summed E-state index contributed by atoms with van der Waals surface area (Å²) in [5.74, 6) is 4.81. The Labute approximate surface area is 95.1 Å². The third-order valence-corrected chi connectivity index (χ3v) is 4.24. The molecule has 0 bridgehead atoms. The van der Waals surface area contributed by atoms with Crippen molar-refractivity contribution in [2.24, 2.45) is 5.90 Å². The molecule has 0 aliphatic heterocycles. The van der Waals surface area contributed by atoms with Crippen LogP contribution in [-0.2, 0) is 3.83 Å². The number of hydrogen-bond donors (Lipinski definition) is 2. The minimum absolute atomic E-state index is 0.0916. The topological polar surface area (TPSA) is 72.6 Å². The van der Waals surface area contributed by atoms with Crippen LogP contribution in [0, 0.1) is 0 Å². The van der Waals surface area contributed by atoms with Crippen molar-refractivity contribution in [2.75, 3.05) is 5.33 Å². The quantitative estimate of drug-likeness (QED) is 0.350. The number of carbonyl (C=O) groups excluding carboxylic acids is 1. The maximum absolute atomic E-state index is 11.4. The molecule has 0 radical (unpaired) electrons. The Morgan fingerprint density at radius 1 is 1.57 bits per heavy atom. The van der Waals surface area contributed by atoms with Crippen LogP contribution in [-0.4, -0.2) is 30.5 Å². The van der Waals surface area contributed by atoms with E-state index in [1.807, 2.05) is 0 Å². The molecule has 0 amide bonds. The molecule has 0 fully saturated rings. The number of rotatable bonds is 4. The van der Waals surface area contributed by atoms with E-state index in [4.69, 9.17) is 5.90 Å². The summed E-state index contributed by atoms with van der Waals surface area (Å²) in [6.45, 7) is 0. The molecule has 0 heterocycles. The van der Waals surface area contributed by atoms with E-state index in [2.05, 4.69) is 19.8 Å². The van der Waals surface area contributed by atoms with Crippen molar-refractivity contribution in [3.63, 3.8) is 0 Å². The first kappa shape index (κ1) is 11.9. The Morgan fingerprint density at radius 3 is 2.79 bits per heavy atom. The van der Waals surface area contributed by atoms with Gasteiger partial charge < -0.3 is 0 Å². The van der Waals surface area contributed by atoms with Crippen LogP contribution in [0.15, 0.2) is 24.3 Å². The molecule has 76 valence electrons. The number of alkyl halides is 1. The van der Waals surface area contributed by atoms with Gasteiger partial charge in [-0.1, -0.05) is 0 Å². The van der Waals surface area contributed by atoms with Gasteiger partial charge in [-0.2, -0.15) is 0 Å². The average molecular weight is 322 g/mol. The van der Waals surface area contributed by atoms with Crippen molar-refractivity contribution in [1.29, 1.82) is 0 Å². The molecular weight excluding hydrogens is 313 g/mol. The van der Waals surface area contributed by atoms with Gasteiger partial charge in [-0.25, -0.2) is 0 Å². The van der Waals surface area contributed by atoms with Gasteiger partial charge in [-0.3, -0.25) is 0 Å². The molecule has 1 aromatic rings. The van der Waals surface area contributed by atoms with Crippen LogP contribution in [0.3, 0.4) is 0 Å². The standard InChI is InChI=1S/C8H9AsBrNO3/c10-5-8(12)6-3-1-2-4-7(6)9(13)14-11/h1-4,13H,5,11H2. The summed E-state index contributed by atoms with van der Waals surface area (Å²) >= 11 is 0.390. The fourth-order valence-corrected chi connectivity index (χ4v) is 2.84. The third-order valence-electron chi connectivity index (χ3n) is 1.63. The molecule has 1 rings (SSSR count). The van der Waals surface area contributed by atoms with Crippen molar-refractivity contribution in [2.45, 2.75) is 0 Å². The predicted octanol–water partition coefficient (Wildman–Crippen LogP) is -0.158. The Kier molecular flexibility index (Phi) is 4.78. The van der Waals surface area contributed by atoms with Gasteiger partial charge in [0, 0.05) is 0 Å². The van der Waals surface area contributed by atoms with E-state index in [9.17, 15) is 8.89 Å². The second-order valence-corrected chi connectivity index (χ2v) is 5.61. The van der Waals surface area contributed by atoms with Crippen LogP contribution >= 0.6 is 15.9 Å². The van der Waals surface area contributed by atoms with Crippen molar-refractivity contribution in [1.82, 2.24) is 0 Å². The molecule has 4 nitrogen and oxygen atoms in total. The predicted molar refractivity (Wildman–Crippen MR) is 57.4 cm³/mol. The van der Waals surface area contributed by atoms with Crippen molar-refractivity contribution >= 4 is 41.4 Å². The van der Waals surface area contributed by atoms with E-state index in [1.54, 1.807) is 24.3 Å². The van der Waals surface area contributed by atoms with Gasteiger partial charge in [0.1, 0.15) is 0 Å². The van der Waals surface area contributed by atoms with E-state index in [0.717, 1.165) is 0 Å². The van der Waals surface area contributed by atoms with Gasteiger partial charge >= 0.3 is 95.2 Å². The Morgan fingerprint density at radius 2 is 2.21 bits per heavy atom. The summed E-state index contributed by atoms with van der Waals surface area (Å²) in [5, 5.41) is 0.219. The minimum atomic E-state index is -2.68. The van der Waals surface area contributed by atoms with Crippen LogP contribution < -0.4 is 10.2 Å². The first-order chi connectivity index (χ1) is 6.70. The van der Waals surface area contributed by atoms with E-state index >= 15 is 0 Å². The van der Waals surface area contributed by atoms with Crippen molar-refractivity contribution in [3.05, 3.63) is 29.8 Å². The molecule has 0 aliphatic carbocycles. The van der Waals surface area contributed by atoms with Crippen molar-refractivity contribution in [3.8, 4) is 0 Å². The van der Waals surface area contributed by atoms with Crippen LogP contribution in [0.5, 0.6) is 0 Å². The van der Waals surface area contributed by atoms with Gasteiger partial charge in [-0.15, -0.1) is 0 Å². The zero-order chi connectivity index (χ0) is 10.6. The van der Waals surface area contributed by atoms with Crippen molar-refractivity contribution < 1.29 is 12.7 Å². The molecule has 3 N–H and O–H groups in total. The van der Waals surface area contributed by atoms with E-state index in [0.29, 0.717) is 9.91 Å². The SMILES string of the molecule is NO[As](O)c1ccccc1C(=O)CBr. The Hall–Kier alpha value is -0.192. The van der Waals surface area contributed by atoms with Crippen LogP contribution in [0.1, 0.15) is 10.4 Å². The second-order valence-electron chi connectivity index (χ2n) is 2.45. The number of carbonyl (C=O) groups is 1. The number of ketones is 1. The zero-order valence-corrected chi connectivity index (χ0v) is 10.6. The third kappa shape index (κ3) is 2.65. The molecule has 1 unspecified atom stereocenters. The summed E-state index contributed by atoms with van der Waals surface area (Å²) in [5.41, 5.74) is 0.470. The summed E-state index contributed by atoms with van der Waals surface area (Å²) in [6, 6.07) is 6.77. The Bertz CT molecular complexity index is 334. The number of benzene rings is 1. The molecule has 0 aliphatic rings. The first-order valence-corrected chi connectivity index (χ1v) is 7.41. The summed E-state index contributed by atoms with van der Waals surface area (Å²) < 4.78 is 14.4. The molecule has 0 saturated carbocycles. The first-order valence-electron chi connectivity index (χ1n) is 3.74. The fourth-order valence-electron chi connectivity index (χ4n) is 1.01. The molecule has 1 aromatic carbocycles. The maximum atomic E-state index is 11.4. The van der Waals surface area contributed by atoms with Gasteiger partial charge in [-0.05, 0) is 0 Å².